The lowest BCUT2D eigenvalue weighted by Gasteiger charge is -2.03. The van der Waals surface area contributed by atoms with Gasteiger partial charge in [0.1, 0.15) is 0 Å². The second kappa shape index (κ2) is 7.82. The zero-order chi connectivity index (χ0) is 11.6. The Hall–Kier alpha value is -1.42. The fourth-order valence-electron chi connectivity index (χ4n) is 1.32. The summed E-state index contributed by atoms with van der Waals surface area (Å²) in [5.41, 5.74) is 0.924. The quantitative estimate of drug-likeness (QED) is 0.687. The van der Waals surface area contributed by atoms with Crippen molar-refractivity contribution >= 4 is 5.97 Å². The number of carbonyl (C=O) groups is 1. The third-order valence-electron chi connectivity index (χ3n) is 2.16. The summed E-state index contributed by atoms with van der Waals surface area (Å²) in [4.78, 5) is 14.4. The van der Waals surface area contributed by atoms with Crippen molar-refractivity contribution in [3.8, 4) is 0 Å². The minimum absolute atomic E-state index is 0.250. The van der Waals surface area contributed by atoms with Gasteiger partial charge in [-0.05, 0) is 25.0 Å². The van der Waals surface area contributed by atoms with Crippen LogP contribution in [0.1, 0.15) is 31.4 Å². The van der Waals surface area contributed by atoms with Gasteiger partial charge in [-0.1, -0.05) is 12.5 Å². The highest BCUT2D eigenvalue weighted by Crippen LogP contribution is 2.02. The van der Waals surface area contributed by atoms with Gasteiger partial charge in [-0.3, -0.25) is 9.78 Å². The molecule has 0 saturated heterocycles. The van der Waals surface area contributed by atoms with E-state index < -0.39 is 5.97 Å². The molecule has 0 radical (unpaired) electrons. The van der Waals surface area contributed by atoms with Crippen molar-refractivity contribution in [2.24, 2.45) is 0 Å². The number of hydrogen-bond donors (Lipinski definition) is 1. The Balaban J connectivity index is 1.94. The Bertz CT molecular complexity index is 300. The predicted octanol–water partition coefficient (Wildman–Crippen LogP) is 2.24. The van der Waals surface area contributed by atoms with E-state index in [4.69, 9.17) is 9.84 Å². The van der Waals surface area contributed by atoms with Gasteiger partial charge in [-0.25, -0.2) is 0 Å². The molecule has 4 nitrogen and oxygen atoms in total. The first kappa shape index (κ1) is 12.6. The summed E-state index contributed by atoms with van der Waals surface area (Å²) in [7, 11) is 0. The molecule has 1 rings (SSSR count). The van der Waals surface area contributed by atoms with E-state index in [-0.39, 0.29) is 6.42 Å². The number of ether oxygens (including phenoxy) is 1. The molecule has 0 aromatic carbocycles. The molecule has 0 bridgehead atoms. The van der Waals surface area contributed by atoms with Crippen molar-refractivity contribution in [3.05, 3.63) is 30.1 Å². The fraction of sp³-hybridized carbons (Fsp3) is 0.500. The fourth-order valence-corrected chi connectivity index (χ4v) is 1.32. The average Bonchev–Trinajstić information content (AvgIpc) is 2.29. The van der Waals surface area contributed by atoms with Gasteiger partial charge in [0.05, 0.1) is 12.3 Å². The van der Waals surface area contributed by atoms with Gasteiger partial charge in [0.15, 0.2) is 0 Å². The largest absolute Gasteiger partial charge is 0.481 e. The second-order valence-corrected chi connectivity index (χ2v) is 3.58. The Labute approximate surface area is 95.3 Å². The van der Waals surface area contributed by atoms with Crippen molar-refractivity contribution < 1.29 is 14.6 Å². The van der Waals surface area contributed by atoms with Crippen LogP contribution in [-0.2, 0) is 16.1 Å². The van der Waals surface area contributed by atoms with Gasteiger partial charge in [0.25, 0.3) is 0 Å². The summed E-state index contributed by atoms with van der Waals surface area (Å²) in [5, 5.41) is 8.43. The van der Waals surface area contributed by atoms with Crippen molar-refractivity contribution in [1.29, 1.82) is 0 Å². The van der Waals surface area contributed by atoms with Crippen LogP contribution in [0.15, 0.2) is 24.4 Å². The highest BCUT2D eigenvalue weighted by Gasteiger charge is 1.97. The van der Waals surface area contributed by atoms with Gasteiger partial charge in [0.2, 0.25) is 0 Å². The van der Waals surface area contributed by atoms with Crippen LogP contribution in [0.3, 0.4) is 0 Å². The molecule has 0 aliphatic rings. The topological polar surface area (TPSA) is 59.4 Å². The number of pyridine rings is 1. The minimum Gasteiger partial charge on any atom is -0.481 e. The summed E-state index contributed by atoms with van der Waals surface area (Å²) in [5.74, 6) is -0.727. The molecule has 0 aliphatic carbocycles. The maximum atomic E-state index is 10.2. The van der Waals surface area contributed by atoms with Gasteiger partial charge < -0.3 is 9.84 Å². The first-order valence-electron chi connectivity index (χ1n) is 5.48. The first-order chi connectivity index (χ1) is 7.79. The molecule has 16 heavy (non-hydrogen) atoms. The summed E-state index contributed by atoms with van der Waals surface area (Å²) < 4.78 is 5.42. The summed E-state index contributed by atoms with van der Waals surface area (Å²) in [6.07, 6.45) is 4.52. The molecule has 1 aromatic rings. The van der Waals surface area contributed by atoms with E-state index in [0.29, 0.717) is 13.2 Å². The van der Waals surface area contributed by atoms with E-state index >= 15 is 0 Å². The van der Waals surface area contributed by atoms with Crippen LogP contribution in [0.25, 0.3) is 0 Å². The number of rotatable bonds is 8. The number of aromatic nitrogens is 1. The lowest BCUT2D eigenvalue weighted by molar-refractivity contribution is -0.137. The smallest absolute Gasteiger partial charge is 0.303 e. The molecule has 0 fully saturated rings. The Morgan fingerprint density at radius 1 is 1.31 bits per heavy atom. The van der Waals surface area contributed by atoms with E-state index in [1.54, 1.807) is 6.20 Å². The van der Waals surface area contributed by atoms with E-state index in [1.165, 1.54) is 0 Å². The minimum atomic E-state index is -0.727. The molecule has 88 valence electrons. The average molecular weight is 223 g/mol. The molecule has 0 aliphatic heterocycles. The van der Waals surface area contributed by atoms with Crippen molar-refractivity contribution in [1.82, 2.24) is 4.98 Å². The predicted molar refractivity (Wildman–Crippen MR) is 60.0 cm³/mol. The molecule has 0 atom stereocenters. The highest BCUT2D eigenvalue weighted by atomic mass is 16.5. The molecule has 1 aromatic heterocycles. The monoisotopic (exact) mass is 223 g/mol. The Morgan fingerprint density at radius 3 is 2.88 bits per heavy atom. The van der Waals surface area contributed by atoms with Crippen LogP contribution in [0, 0.1) is 0 Å². The van der Waals surface area contributed by atoms with Gasteiger partial charge in [-0.2, -0.15) is 0 Å². The molecule has 0 amide bonds. The maximum absolute atomic E-state index is 10.2. The Kier molecular flexibility index (Phi) is 6.18. The summed E-state index contributed by atoms with van der Waals surface area (Å²) in [6.45, 7) is 1.19. The molecular formula is C12H17NO3. The highest BCUT2D eigenvalue weighted by molar-refractivity contribution is 5.66. The first-order valence-corrected chi connectivity index (χ1v) is 5.48. The number of nitrogens with zero attached hydrogens (tertiary/aromatic N) is 1. The van der Waals surface area contributed by atoms with E-state index in [1.807, 2.05) is 18.2 Å². The molecular weight excluding hydrogens is 206 g/mol. The molecule has 1 heterocycles. The van der Waals surface area contributed by atoms with Crippen molar-refractivity contribution in [2.45, 2.75) is 32.3 Å². The number of carboxylic acids is 1. The lowest BCUT2D eigenvalue weighted by atomic mass is 10.2. The van der Waals surface area contributed by atoms with Crippen LogP contribution in [-0.4, -0.2) is 22.7 Å². The van der Waals surface area contributed by atoms with E-state index in [9.17, 15) is 4.79 Å². The molecule has 4 heteroatoms. The Morgan fingerprint density at radius 2 is 2.19 bits per heavy atom. The van der Waals surface area contributed by atoms with Crippen LogP contribution in [0.2, 0.25) is 0 Å². The van der Waals surface area contributed by atoms with Crippen LogP contribution in [0.4, 0.5) is 0 Å². The SMILES string of the molecule is O=C(O)CCCCCOCc1ccccn1. The van der Waals surface area contributed by atoms with Gasteiger partial charge >= 0.3 is 5.97 Å². The van der Waals surface area contributed by atoms with Gasteiger partial charge in [0, 0.05) is 19.2 Å². The van der Waals surface area contributed by atoms with Gasteiger partial charge in [-0.15, -0.1) is 0 Å². The summed E-state index contributed by atoms with van der Waals surface area (Å²) in [6, 6.07) is 5.72. The molecule has 0 unspecified atom stereocenters. The number of carboxylic acid groups (broad SMARTS) is 1. The molecule has 1 N–H and O–H groups in total. The van der Waals surface area contributed by atoms with Crippen LogP contribution in [0.5, 0.6) is 0 Å². The summed E-state index contributed by atoms with van der Waals surface area (Å²) >= 11 is 0. The van der Waals surface area contributed by atoms with Crippen molar-refractivity contribution in [3.63, 3.8) is 0 Å². The second-order valence-electron chi connectivity index (χ2n) is 3.58. The third-order valence-corrected chi connectivity index (χ3v) is 2.16. The maximum Gasteiger partial charge on any atom is 0.303 e. The zero-order valence-corrected chi connectivity index (χ0v) is 9.26. The molecule has 0 spiro atoms. The van der Waals surface area contributed by atoms with Crippen molar-refractivity contribution in [2.75, 3.05) is 6.61 Å². The third kappa shape index (κ3) is 6.14. The van der Waals surface area contributed by atoms with E-state index in [0.717, 1.165) is 25.0 Å². The zero-order valence-electron chi connectivity index (χ0n) is 9.26. The van der Waals surface area contributed by atoms with Crippen LogP contribution < -0.4 is 0 Å². The number of unbranched alkanes of at least 4 members (excludes halogenated alkanes) is 2. The molecule has 0 saturated carbocycles. The lowest BCUT2D eigenvalue weighted by Crippen LogP contribution is -1.98. The number of aliphatic carboxylic acids is 1. The van der Waals surface area contributed by atoms with Crippen LogP contribution >= 0.6 is 0 Å². The number of hydrogen-bond acceptors (Lipinski definition) is 3. The van der Waals surface area contributed by atoms with E-state index in [2.05, 4.69) is 4.98 Å². The normalized spacial score (nSPS) is 10.2. The standard InChI is InChI=1S/C12H17NO3/c14-12(15)7-2-1-5-9-16-10-11-6-3-4-8-13-11/h3-4,6,8H,1-2,5,7,9-10H2,(H,14,15).